The summed E-state index contributed by atoms with van der Waals surface area (Å²) in [6, 6.07) is 0. The maximum atomic E-state index is 14.1. The van der Waals surface area contributed by atoms with Crippen molar-refractivity contribution in [3.8, 4) is 10.6 Å². The molecule has 4 rings (SSSR count). The van der Waals surface area contributed by atoms with Crippen molar-refractivity contribution in [2.24, 2.45) is 0 Å². The molecule has 0 aliphatic heterocycles. The van der Waals surface area contributed by atoms with E-state index in [9.17, 15) is 28.3 Å². The Hall–Kier alpha value is -2.46. The summed E-state index contributed by atoms with van der Waals surface area (Å²) in [6.07, 6.45) is 0.765. The normalized spacial score (nSPS) is 17.3. The van der Waals surface area contributed by atoms with E-state index in [0.29, 0.717) is 45.2 Å². The first kappa shape index (κ1) is 22.7. The van der Waals surface area contributed by atoms with Crippen LogP contribution in [0.4, 0.5) is 8.78 Å². The van der Waals surface area contributed by atoms with Crippen LogP contribution in [0.15, 0.2) is 16.5 Å². The highest BCUT2D eigenvalue weighted by Crippen LogP contribution is 2.46. The molecule has 0 aromatic carbocycles. The number of nitrogens with zero attached hydrogens (tertiary/aromatic N) is 1. The maximum absolute atomic E-state index is 14.1. The molecule has 0 bridgehead atoms. The van der Waals surface area contributed by atoms with Gasteiger partial charge in [-0.1, -0.05) is 0 Å². The third-order valence-corrected chi connectivity index (χ3v) is 7.75. The average Bonchev–Trinajstić information content (AvgIpc) is 3.45. The monoisotopic (exact) mass is 481 g/mol. The lowest BCUT2D eigenvalue weighted by molar-refractivity contribution is -0.133. The first-order chi connectivity index (χ1) is 15.2. The second kappa shape index (κ2) is 8.82. The van der Waals surface area contributed by atoms with Crippen molar-refractivity contribution < 1.29 is 33.0 Å². The Bertz CT molecular complexity index is 1130. The summed E-state index contributed by atoms with van der Waals surface area (Å²) in [6.45, 7) is 1.89. The van der Waals surface area contributed by atoms with Gasteiger partial charge in [0.15, 0.2) is 11.5 Å². The number of allylic oxidation sites excluding steroid dienone is 1. The molecule has 2 aliphatic rings. The van der Waals surface area contributed by atoms with Gasteiger partial charge < -0.3 is 9.84 Å². The van der Waals surface area contributed by atoms with E-state index in [1.807, 2.05) is 0 Å². The molecule has 10 heteroatoms. The number of alkyl halides is 2. The highest BCUT2D eigenvalue weighted by Gasteiger charge is 2.38. The Morgan fingerprint density at radius 3 is 2.69 bits per heavy atom. The molecule has 0 saturated heterocycles. The largest absolute Gasteiger partial charge is 0.478 e. The van der Waals surface area contributed by atoms with Crippen molar-refractivity contribution in [1.82, 2.24) is 4.98 Å². The number of Topliss-reactive ketones (excluding diaryl/α,β-unsaturated/α-hetero) is 1. The predicted molar refractivity (Wildman–Crippen MR) is 116 cm³/mol. The minimum Gasteiger partial charge on any atom is -0.478 e. The van der Waals surface area contributed by atoms with Crippen molar-refractivity contribution in [3.05, 3.63) is 37.5 Å². The number of aliphatic carboxylic acids is 1. The number of thiophene rings is 1. The van der Waals surface area contributed by atoms with Crippen LogP contribution in [-0.4, -0.2) is 40.3 Å². The van der Waals surface area contributed by atoms with E-state index >= 15 is 0 Å². The number of esters is 1. The molecule has 0 saturated carbocycles. The van der Waals surface area contributed by atoms with Crippen LogP contribution in [0.3, 0.4) is 0 Å². The first-order valence-electron chi connectivity index (χ1n) is 10.3. The van der Waals surface area contributed by atoms with Crippen LogP contribution in [0.2, 0.25) is 0 Å². The summed E-state index contributed by atoms with van der Waals surface area (Å²) in [7, 11) is 0. The minimum atomic E-state index is -2.81. The second-order valence-electron chi connectivity index (χ2n) is 7.81. The Balaban J connectivity index is 1.74. The maximum Gasteiger partial charge on any atom is 0.357 e. The van der Waals surface area contributed by atoms with Crippen molar-refractivity contribution in [3.63, 3.8) is 0 Å². The number of carbonyl (C=O) groups is 3. The van der Waals surface area contributed by atoms with Gasteiger partial charge in [-0.05, 0) is 38.2 Å². The van der Waals surface area contributed by atoms with Gasteiger partial charge in [0.05, 0.1) is 6.61 Å². The van der Waals surface area contributed by atoms with Gasteiger partial charge in [-0.25, -0.2) is 23.4 Å². The van der Waals surface area contributed by atoms with E-state index in [4.69, 9.17) is 4.74 Å². The number of halogens is 2. The molecule has 2 aromatic rings. The first-order valence-corrected chi connectivity index (χ1v) is 12.0. The number of thiazole rings is 1. The van der Waals surface area contributed by atoms with E-state index in [2.05, 4.69) is 4.98 Å². The zero-order chi connectivity index (χ0) is 23.0. The lowest BCUT2D eigenvalue weighted by atomic mass is 9.91. The lowest BCUT2D eigenvalue weighted by Gasteiger charge is -2.22. The molecule has 0 unspecified atom stereocenters. The van der Waals surface area contributed by atoms with Crippen molar-refractivity contribution in [2.45, 2.75) is 57.8 Å². The van der Waals surface area contributed by atoms with Crippen molar-refractivity contribution >= 4 is 40.4 Å². The molecule has 0 amide bonds. The van der Waals surface area contributed by atoms with E-state index in [0.717, 1.165) is 16.9 Å². The second-order valence-corrected chi connectivity index (χ2v) is 9.86. The molecule has 2 aromatic heterocycles. The van der Waals surface area contributed by atoms with Gasteiger partial charge in [0.2, 0.25) is 0 Å². The van der Waals surface area contributed by atoms with Gasteiger partial charge in [0.25, 0.3) is 5.92 Å². The molecule has 32 heavy (non-hydrogen) atoms. The fourth-order valence-corrected chi connectivity index (χ4v) is 6.59. The van der Waals surface area contributed by atoms with Crippen LogP contribution in [0.25, 0.3) is 10.6 Å². The topological polar surface area (TPSA) is 93.6 Å². The predicted octanol–water partition coefficient (Wildman–Crippen LogP) is 4.85. The Kier molecular flexibility index (Phi) is 6.26. The van der Waals surface area contributed by atoms with Crippen LogP contribution in [0.1, 0.15) is 58.4 Å². The molecule has 0 spiro atoms. The summed E-state index contributed by atoms with van der Waals surface area (Å²) in [5, 5.41) is 11.4. The van der Waals surface area contributed by atoms with Crippen LogP contribution in [0.5, 0.6) is 0 Å². The van der Waals surface area contributed by atoms with Gasteiger partial charge >= 0.3 is 11.9 Å². The number of hydrogen-bond donors (Lipinski definition) is 1. The molecular weight excluding hydrogens is 460 g/mol. The molecule has 2 aliphatic carbocycles. The van der Waals surface area contributed by atoms with Crippen molar-refractivity contribution in [1.29, 1.82) is 0 Å². The molecular formula is C22H21F2NO5S2. The number of fused-ring (bicyclic) bond motifs is 1. The third-order valence-electron chi connectivity index (χ3n) is 5.66. The summed E-state index contributed by atoms with van der Waals surface area (Å²) in [4.78, 5) is 42.0. The van der Waals surface area contributed by atoms with Gasteiger partial charge in [0.1, 0.15) is 5.01 Å². The summed E-state index contributed by atoms with van der Waals surface area (Å²) in [5.74, 6) is -4.76. The average molecular weight is 482 g/mol. The van der Waals surface area contributed by atoms with Crippen molar-refractivity contribution in [2.75, 3.05) is 6.61 Å². The lowest BCUT2D eigenvalue weighted by Crippen LogP contribution is -2.24. The number of aromatic nitrogens is 1. The van der Waals surface area contributed by atoms with E-state index in [-0.39, 0.29) is 42.9 Å². The zero-order valence-corrected chi connectivity index (χ0v) is 19.0. The number of hydrogen-bond acceptors (Lipinski definition) is 7. The van der Waals surface area contributed by atoms with E-state index in [1.165, 1.54) is 11.3 Å². The molecule has 170 valence electrons. The standard InChI is InChI=1S/C22H21F2NO5S2/c1-2-30-21(29)14-10-31-19(25-14)18-13-6-7-22(23,24)9-17(13)32-16(18)8-15(26)11-4-3-5-12(11)20(27)28/h10H,2-9H2,1H3,(H,27,28). The van der Waals surface area contributed by atoms with Gasteiger partial charge in [-0.3, -0.25) is 4.79 Å². The number of carboxylic acid groups (broad SMARTS) is 1. The quantitative estimate of drug-likeness (QED) is 0.569. The van der Waals surface area contributed by atoms with Crippen LogP contribution < -0.4 is 0 Å². The van der Waals surface area contributed by atoms with Crippen LogP contribution >= 0.6 is 22.7 Å². The minimum absolute atomic E-state index is 0.0704. The third kappa shape index (κ3) is 4.38. The molecule has 0 fully saturated rings. The number of carbonyl (C=O) groups excluding carboxylic acids is 2. The molecule has 0 radical (unpaired) electrons. The van der Waals surface area contributed by atoms with E-state index in [1.54, 1.807) is 12.3 Å². The van der Waals surface area contributed by atoms with Gasteiger partial charge in [-0.2, -0.15) is 0 Å². The summed E-state index contributed by atoms with van der Waals surface area (Å²) >= 11 is 2.37. The smallest absolute Gasteiger partial charge is 0.357 e. The van der Waals surface area contributed by atoms with Gasteiger partial charge in [0, 0.05) is 51.1 Å². The number of carboxylic acids is 1. The summed E-state index contributed by atoms with van der Waals surface area (Å²) in [5.41, 5.74) is 1.96. The number of rotatable bonds is 7. The van der Waals surface area contributed by atoms with Crippen LogP contribution in [0, 0.1) is 0 Å². The van der Waals surface area contributed by atoms with Crippen LogP contribution in [-0.2, 0) is 33.6 Å². The SMILES string of the molecule is CCOC(=O)c1csc(-c2c(CC(=O)C3=C(C(=O)O)CCC3)sc3c2CCC(F)(F)C3)n1. The molecule has 2 heterocycles. The fraction of sp³-hybridized carbons (Fsp3) is 0.455. The molecule has 1 N–H and O–H groups in total. The molecule has 6 nitrogen and oxygen atoms in total. The Morgan fingerprint density at radius 2 is 1.97 bits per heavy atom. The number of ether oxygens (including phenoxy) is 1. The highest BCUT2D eigenvalue weighted by atomic mass is 32.1. The Morgan fingerprint density at radius 1 is 1.22 bits per heavy atom. The molecule has 0 atom stereocenters. The van der Waals surface area contributed by atoms with E-state index < -0.39 is 24.3 Å². The number of ketones is 1. The Labute approximate surface area is 190 Å². The highest BCUT2D eigenvalue weighted by molar-refractivity contribution is 7.15. The van der Waals surface area contributed by atoms with Gasteiger partial charge in [-0.15, -0.1) is 22.7 Å². The zero-order valence-electron chi connectivity index (χ0n) is 17.3. The summed E-state index contributed by atoms with van der Waals surface area (Å²) < 4.78 is 33.1. The fourth-order valence-electron chi connectivity index (χ4n) is 4.21.